The Hall–Kier alpha value is -3.30. The van der Waals surface area contributed by atoms with Crippen LogP contribution in [0.15, 0.2) is 53.4 Å². The Morgan fingerprint density at radius 1 is 1.02 bits per heavy atom. The number of aromatic nitrogens is 2. The highest BCUT2D eigenvalue weighted by Crippen LogP contribution is 2.45. The summed E-state index contributed by atoms with van der Waals surface area (Å²) in [4.78, 5) is 21.4. The average molecular weight is 579 g/mol. The van der Waals surface area contributed by atoms with Crippen LogP contribution < -0.4 is 15.2 Å². The van der Waals surface area contributed by atoms with Crippen molar-refractivity contribution in [2.75, 3.05) is 23.8 Å². The van der Waals surface area contributed by atoms with Crippen molar-refractivity contribution in [2.24, 2.45) is 23.5 Å². The van der Waals surface area contributed by atoms with Crippen LogP contribution >= 0.6 is 0 Å². The molecule has 0 bridgehead atoms. The van der Waals surface area contributed by atoms with Gasteiger partial charge in [-0.15, -0.1) is 0 Å². The molecule has 8 nitrogen and oxygen atoms in total. The van der Waals surface area contributed by atoms with Crippen molar-refractivity contribution in [2.45, 2.75) is 63.3 Å². The molecule has 4 N–H and O–H groups in total. The van der Waals surface area contributed by atoms with E-state index in [2.05, 4.69) is 9.71 Å². The average Bonchev–Trinajstić information content (AvgIpc) is 2.84. The molecule has 220 valence electrons. The smallest absolute Gasteiger partial charge is 0.335 e. The molecule has 0 radical (unpaired) electrons. The third-order valence-electron chi connectivity index (χ3n) is 8.90. The summed E-state index contributed by atoms with van der Waals surface area (Å²) in [5.41, 5.74) is 10.5. The highest BCUT2D eigenvalue weighted by atomic mass is 32.3. The van der Waals surface area contributed by atoms with Crippen LogP contribution in [-0.2, 0) is 9.25 Å². The van der Waals surface area contributed by atoms with Gasteiger partial charge >= 0.3 is 5.97 Å². The van der Waals surface area contributed by atoms with Gasteiger partial charge in [0.1, 0.15) is 6.61 Å². The first-order chi connectivity index (χ1) is 19.4. The molecule has 0 amide bonds. The minimum absolute atomic E-state index is 0.0579. The highest BCUT2D eigenvalue weighted by molar-refractivity contribution is 8.19. The van der Waals surface area contributed by atoms with Gasteiger partial charge in [0.15, 0.2) is 0 Å². The number of carboxylic acid groups (broad SMARTS) is 1. The summed E-state index contributed by atoms with van der Waals surface area (Å²) in [6, 6.07) is 13.9. The van der Waals surface area contributed by atoms with E-state index in [1.807, 2.05) is 38.1 Å². The lowest BCUT2D eigenvalue weighted by molar-refractivity contribution is 0.0552. The van der Waals surface area contributed by atoms with Crippen molar-refractivity contribution in [3.05, 3.63) is 65.2 Å². The van der Waals surface area contributed by atoms with E-state index in [1.165, 1.54) is 50.7 Å². The lowest BCUT2D eigenvalue weighted by atomic mass is 9.62. The van der Waals surface area contributed by atoms with Crippen LogP contribution in [0.3, 0.4) is 0 Å². The third kappa shape index (κ3) is 6.31. The molecule has 1 heterocycles. The van der Waals surface area contributed by atoms with E-state index in [-0.39, 0.29) is 17.6 Å². The Morgan fingerprint density at radius 3 is 2.20 bits per heavy atom. The lowest BCUT2D eigenvalue weighted by Gasteiger charge is -2.45. The number of rotatable bonds is 11. The van der Waals surface area contributed by atoms with Gasteiger partial charge in [0.2, 0.25) is 11.8 Å². The molecule has 41 heavy (non-hydrogen) atoms. The van der Waals surface area contributed by atoms with Gasteiger partial charge in [0.25, 0.3) is 0 Å². The summed E-state index contributed by atoms with van der Waals surface area (Å²) < 4.78 is 23.7. The molecular formula is C32H42N4O4S. The Kier molecular flexibility index (Phi) is 7.96. The van der Waals surface area contributed by atoms with E-state index in [0.717, 1.165) is 16.7 Å². The van der Waals surface area contributed by atoms with Gasteiger partial charge in [0.05, 0.1) is 11.3 Å². The zero-order chi connectivity index (χ0) is 29.4. The number of aromatic carboxylic acids is 1. The van der Waals surface area contributed by atoms with Gasteiger partial charge in [-0.2, -0.15) is 4.98 Å². The molecule has 3 aromatic rings. The molecule has 2 fully saturated rings. The first-order valence-corrected chi connectivity index (χ1v) is 17.3. The predicted octanol–water partition coefficient (Wildman–Crippen LogP) is 5.85. The number of anilines is 1. The number of hydrogen-bond donors (Lipinski definition) is 3. The SMILES string of the molecule is Cc1cccc(C)c1-c1cc(OCC(N)C(C2CCC2)C2CCC2)nc(NS(C)(C)(=O)c2cccc(C(=O)O)c2)n1. The number of ether oxygens (including phenoxy) is 1. The van der Waals surface area contributed by atoms with Gasteiger partial charge in [0, 0.05) is 35.1 Å². The Labute approximate surface area is 242 Å². The maximum absolute atomic E-state index is 14.4. The molecule has 2 aliphatic rings. The normalized spacial score (nSPS) is 17.7. The van der Waals surface area contributed by atoms with E-state index >= 15 is 0 Å². The Balaban J connectivity index is 1.48. The summed E-state index contributed by atoms with van der Waals surface area (Å²) in [5.74, 6) is 1.24. The molecule has 1 atom stereocenters. The first kappa shape index (κ1) is 29.2. The zero-order valence-electron chi connectivity index (χ0n) is 24.4. The molecule has 1 aromatic heterocycles. The summed E-state index contributed by atoms with van der Waals surface area (Å²) >= 11 is 0. The molecule has 5 rings (SSSR count). The molecule has 0 spiro atoms. The predicted molar refractivity (Wildman–Crippen MR) is 164 cm³/mol. The second kappa shape index (κ2) is 11.2. The van der Waals surface area contributed by atoms with E-state index in [9.17, 15) is 14.1 Å². The fraction of sp³-hybridized carbons (Fsp3) is 0.469. The molecule has 1 unspecified atom stereocenters. The summed E-state index contributed by atoms with van der Waals surface area (Å²) in [6.07, 6.45) is 10.7. The van der Waals surface area contributed by atoms with Crippen LogP contribution in [0.25, 0.3) is 11.3 Å². The van der Waals surface area contributed by atoms with Crippen LogP contribution in [0.5, 0.6) is 5.88 Å². The number of nitrogens with two attached hydrogens (primary N) is 1. The van der Waals surface area contributed by atoms with E-state index < -0.39 is 15.2 Å². The number of nitrogens with zero attached hydrogens (tertiary/aromatic N) is 2. The van der Waals surface area contributed by atoms with Gasteiger partial charge in [-0.1, -0.05) is 62.8 Å². The molecule has 2 saturated carbocycles. The standard InChI is InChI=1S/C32H42N4O4S/c1-20-9-5-10-21(2)29(20)27-18-28(40-19-26(33)30(22-11-6-12-22)23-13-7-14-23)35-32(34-27)36-41(3,4,39)25-16-8-15-24(17-25)31(37)38/h5,8-10,15-18,22-23,26,30H,6-7,11-14,19,33H2,1-4H3,(H,37,38)(H,34,35,36,39). The van der Waals surface area contributed by atoms with Crippen molar-refractivity contribution in [3.63, 3.8) is 0 Å². The van der Waals surface area contributed by atoms with E-state index in [4.69, 9.17) is 15.5 Å². The third-order valence-corrected chi connectivity index (χ3v) is 11.3. The number of carboxylic acids is 1. The maximum atomic E-state index is 14.4. The highest BCUT2D eigenvalue weighted by Gasteiger charge is 2.39. The number of nitrogens with one attached hydrogen (secondary N) is 1. The minimum atomic E-state index is -3.82. The van der Waals surface area contributed by atoms with Crippen LogP contribution in [0.4, 0.5) is 5.95 Å². The van der Waals surface area contributed by atoms with Crippen molar-refractivity contribution >= 4 is 21.2 Å². The topological polar surface area (TPSA) is 127 Å². The maximum Gasteiger partial charge on any atom is 0.335 e. The molecule has 2 aromatic carbocycles. The largest absolute Gasteiger partial charge is 0.478 e. The molecule has 9 heteroatoms. The van der Waals surface area contributed by atoms with Crippen molar-refractivity contribution in [1.82, 2.24) is 9.97 Å². The van der Waals surface area contributed by atoms with Gasteiger partial charge < -0.3 is 15.6 Å². The number of carbonyl (C=O) groups is 1. The second-order valence-electron chi connectivity index (χ2n) is 12.4. The fourth-order valence-electron chi connectivity index (χ4n) is 6.24. The van der Waals surface area contributed by atoms with Gasteiger partial charge in [-0.05, 0) is 70.2 Å². The summed E-state index contributed by atoms with van der Waals surface area (Å²) in [7, 11) is -3.82. The monoisotopic (exact) mass is 578 g/mol. The Morgan fingerprint density at radius 2 is 1.63 bits per heavy atom. The van der Waals surface area contributed by atoms with Crippen LogP contribution in [0, 0.1) is 31.6 Å². The zero-order valence-corrected chi connectivity index (χ0v) is 25.2. The lowest BCUT2D eigenvalue weighted by Crippen LogP contribution is -2.47. The number of aryl methyl sites for hydroxylation is 2. The minimum Gasteiger partial charge on any atom is -0.478 e. The van der Waals surface area contributed by atoms with Crippen molar-refractivity contribution in [3.8, 4) is 17.1 Å². The van der Waals surface area contributed by atoms with E-state index in [1.54, 1.807) is 24.6 Å². The molecule has 0 aliphatic heterocycles. The van der Waals surface area contributed by atoms with E-state index in [0.29, 0.717) is 40.8 Å². The number of benzene rings is 2. The molecule has 2 aliphatic carbocycles. The first-order valence-electron chi connectivity index (χ1n) is 14.5. The summed E-state index contributed by atoms with van der Waals surface area (Å²) in [6.45, 7) is 4.40. The quantitative estimate of drug-likeness (QED) is 0.261. The van der Waals surface area contributed by atoms with Gasteiger partial charge in [-0.25, -0.2) is 9.78 Å². The van der Waals surface area contributed by atoms with Crippen LogP contribution in [-0.4, -0.2) is 50.4 Å². The fourth-order valence-corrected chi connectivity index (χ4v) is 7.92. The number of hydrogen-bond acceptors (Lipinski definition) is 6. The van der Waals surface area contributed by atoms with Crippen LogP contribution in [0.1, 0.15) is 60.0 Å². The molecular weight excluding hydrogens is 536 g/mol. The Bertz CT molecular complexity index is 1480. The summed E-state index contributed by atoms with van der Waals surface area (Å²) in [5, 5.41) is 9.49. The second-order valence-corrected chi connectivity index (χ2v) is 16.7. The van der Waals surface area contributed by atoms with Gasteiger partial charge in [-0.3, -0.25) is 8.93 Å². The van der Waals surface area contributed by atoms with Crippen molar-refractivity contribution in [1.29, 1.82) is 0 Å². The van der Waals surface area contributed by atoms with Crippen molar-refractivity contribution < 1.29 is 18.8 Å². The van der Waals surface area contributed by atoms with Crippen LogP contribution in [0.2, 0.25) is 0 Å². The molecule has 0 saturated heterocycles.